The Morgan fingerprint density at radius 2 is 1.89 bits per heavy atom. The summed E-state index contributed by atoms with van der Waals surface area (Å²) < 4.78 is 6.60. The molecule has 4 nitrogen and oxygen atoms in total. The van der Waals surface area contributed by atoms with Gasteiger partial charge in [0.2, 0.25) is 0 Å². The molecule has 1 heterocycles. The molecule has 0 amide bonds. The summed E-state index contributed by atoms with van der Waals surface area (Å²) in [5.41, 5.74) is 0.355. The maximum atomic E-state index is 12.1. The number of hydrogen-bond acceptors (Lipinski definition) is 3. The number of ether oxygens (including phenoxy) is 1. The number of nitrogens with zero attached hydrogens (tertiary/aromatic N) is 1. The zero-order valence-electron chi connectivity index (χ0n) is 12.2. The largest absolute Gasteiger partial charge is 0.367 e. The predicted octanol–water partition coefficient (Wildman–Crippen LogP) is 3.38. The van der Waals surface area contributed by atoms with Crippen LogP contribution in [0.25, 0.3) is 0 Å². The van der Waals surface area contributed by atoms with Crippen LogP contribution >= 0.6 is 22.6 Å². The minimum atomic E-state index is -0.471. The van der Waals surface area contributed by atoms with Crippen LogP contribution in [0.5, 0.6) is 0 Å². The number of halogens is 1. The van der Waals surface area contributed by atoms with Crippen LogP contribution in [0.4, 0.5) is 0 Å². The van der Waals surface area contributed by atoms with E-state index in [-0.39, 0.29) is 5.56 Å². The molecular weight excluding hydrogens is 355 g/mol. The van der Waals surface area contributed by atoms with Gasteiger partial charge in [-0.15, -0.1) is 0 Å². The first-order chi connectivity index (χ1) is 9.04. The molecule has 1 rings (SSSR count). The molecule has 108 valence electrons. The van der Waals surface area contributed by atoms with Gasteiger partial charge < -0.3 is 9.72 Å². The summed E-state index contributed by atoms with van der Waals surface area (Å²) in [6.07, 6.45) is 3.40. The molecule has 0 atom stereocenters. The molecular formula is C14H23IN2O2. The molecule has 0 saturated carbocycles. The molecule has 0 radical (unpaired) electrons. The Bertz CT molecular complexity index is 467. The zero-order chi connectivity index (χ0) is 14.5. The second-order valence-corrected chi connectivity index (χ2v) is 5.64. The van der Waals surface area contributed by atoms with Crippen molar-refractivity contribution < 1.29 is 4.74 Å². The Kier molecular flexibility index (Phi) is 6.46. The van der Waals surface area contributed by atoms with Gasteiger partial charge in [-0.2, -0.15) is 0 Å². The number of hydrogen-bond donors (Lipinski definition) is 1. The lowest BCUT2D eigenvalue weighted by atomic mass is 9.95. The first kappa shape index (κ1) is 16.6. The van der Waals surface area contributed by atoms with Gasteiger partial charge in [0.05, 0.1) is 9.26 Å². The highest BCUT2D eigenvalue weighted by Gasteiger charge is 2.32. The summed E-state index contributed by atoms with van der Waals surface area (Å²) in [6.45, 7) is 8.81. The number of aryl methyl sites for hydroxylation is 1. The van der Waals surface area contributed by atoms with Gasteiger partial charge in [0.25, 0.3) is 5.56 Å². The van der Waals surface area contributed by atoms with Crippen molar-refractivity contribution in [3.05, 3.63) is 25.4 Å². The number of H-pyrrole nitrogens is 1. The summed E-state index contributed by atoms with van der Waals surface area (Å²) in [7, 11) is 0. The summed E-state index contributed by atoms with van der Waals surface area (Å²) in [4.78, 5) is 19.6. The Morgan fingerprint density at radius 1 is 1.26 bits per heavy atom. The van der Waals surface area contributed by atoms with Gasteiger partial charge in [0.15, 0.2) is 0 Å². The van der Waals surface area contributed by atoms with Gasteiger partial charge in [-0.1, -0.05) is 27.2 Å². The number of aromatic amines is 1. The average Bonchev–Trinajstić information content (AvgIpc) is 2.41. The van der Waals surface area contributed by atoms with Gasteiger partial charge in [-0.05, 0) is 48.8 Å². The monoisotopic (exact) mass is 378 g/mol. The molecule has 5 heteroatoms. The van der Waals surface area contributed by atoms with Crippen LogP contribution in [0.15, 0.2) is 4.79 Å². The minimum absolute atomic E-state index is 0.0555. The van der Waals surface area contributed by atoms with E-state index in [1.807, 2.05) is 6.92 Å². The van der Waals surface area contributed by atoms with Gasteiger partial charge >= 0.3 is 0 Å². The van der Waals surface area contributed by atoms with Crippen molar-refractivity contribution in [2.24, 2.45) is 0 Å². The molecule has 0 aromatic carbocycles. The summed E-state index contributed by atoms with van der Waals surface area (Å²) in [6, 6.07) is 0. The Morgan fingerprint density at radius 3 is 2.37 bits per heavy atom. The van der Waals surface area contributed by atoms with Crippen LogP contribution in [-0.4, -0.2) is 16.6 Å². The highest BCUT2D eigenvalue weighted by molar-refractivity contribution is 14.1. The molecule has 0 spiro atoms. The van der Waals surface area contributed by atoms with Crippen LogP contribution in [0, 0.1) is 3.57 Å². The van der Waals surface area contributed by atoms with Crippen LogP contribution in [0.2, 0.25) is 0 Å². The first-order valence-corrected chi connectivity index (χ1v) is 8.05. The second-order valence-electron chi connectivity index (χ2n) is 4.56. The topological polar surface area (TPSA) is 55.0 Å². The van der Waals surface area contributed by atoms with Crippen molar-refractivity contribution in [3.8, 4) is 0 Å². The van der Waals surface area contributed by atoms with Gasteiger partial charge in [-0.25, -0.2) is 4.98 Å². The van der Waals surface area contributed by atoms with Crippen molar-refractivity contribution in [2.45, 2.75) is 59.0 Å². The predicted molar refractivity (Wildman–Crippen MR) is 85.5 cm³/mol. The summed E-state index contributed by atoms with van der Waals surface area (Å²) >= 11 is 2.07. The lowest BCUT2D eigenvalue weighted by Gasteiger charge is -2.30. The van der Waals surface area contributed by atoms with Gasteiger partial charge in [0.1, 0.15) is 11.4 Å². The Balaban J connectivity index is 3.35. The fourth-order valence-electron chi connectivity index (χ4n) is 2.26. The number of aromatic nitrogens is 2. The maximum absolute atomic E-state index is 12.1. The quantitative estimate of drug-likeness (QED) is 0.741. The average molecular weight is 378 g/mol. The molecule has 1 aromatic heterocycles. The Labute approximate surface area is 128 Å². The number of rotatable bonds is 7. The van der Waals surface area contributed by atoms with Crippen LogP contribution in [-0.2, 0) is 16.8 Å². The van der Waals surface area contributed by atoms with E-state index in [2.05, 4.69) is 53.3 Å². The first-order valence-electron chi connectivity index (χ1n) is 6.97. The summed E-state index contributed by atoms with van der Waals surface area (Å²) in [5.74, 6) is 0.674. The van der Waals surface area contributed by atoms with Crippen LogP contribution in [0.1, 0.15) is 58.5 Å². The molecule has 1 aromatic rings. The molecule has 0 fully saturated rings. The van der Waals surface area contributed by atoms with E-state index in [1.165, 1.54) is 0 Å². The third-order valence-electron chi connectivity index (χ3n) is 3.41. The number of nitrogens with one attached hydrogen (secondary N) is 1. The highest BCUT2D eigenvalue weighted by atomic mass is 127. The third-order valence-corrected chi connectivity index (χ3v) is 4.53. The molecule has 19 heavy (non-hydrogen) atoms. The van der Waals surface area contributed by atoms with E-state index in [4.69, 9.17) is 4.74 Å². The third kappa shape index (κ3) is 3.56. The van der Waals surface area contributed by atoms with Crippen molar-refractivity contribution in [3.63, 3.8) is 0 Å². The van der Waals surface area contributed by atoms with Gasteiger partial charge in [-0.3, -0.25) is 4.79 Å². The smallest absolute Gasteiger partial charge is 0.264 e. The standard InChI is InChI=1S/C14H23IN2O2/c1-5-9-10-11(15)12(18)17-13(16-10)14(6-2,7-3)19-8-4/h5-9H2,1-4H3,(H,16,17,18). The second kappa shape index (κ2) is 7.38. The zero-order valence-corrected chi connectivity index (χ0v) is 14.3. The lowest BCUT2D eigenvalue weighted by Crippen LogP contribution is -2.34. The minimum Gasteiger partial charge on any atom is -0.367 e. The molecule has 0 unspecified atom stereocenters. The lowest BCUT2D eigenvalue weighted by molar-refractivity contribution is -0.0575. The van der Waals surface area contributed by atoms with E-state index < -0.39 is 5.60 Å². The molecule has 0 aliphatic heterocycles. The summed E-state index contributed by atoms with van der Waals surface area (Å²) in [5, 5.41) is 0. The van der Waals surface area contributed by atoms with Gasteiger partial charge in [0, 0.05) is 6.61 Å². The maximum Gasteiger partial charge on any atom is 0.264 e. The molecule has 0 bridgehead atoms. The molecule has 1 N–H and O–H groups in total. The highest BCUT2D eigenvalue weighted by Crippen LogP contribution is 2.30. The van der Waals surface area contributed by atoms with E-state index in [0.717, 1.165) is 31.4 Å². The molecule has 0 aliphatic rings. The SMILES string of the molecule is CCCc1nc(C(CC)(CC)OCC)[nH]c(=O)c1I. The fraction of sp³-hybridized carbons (Fsp3) is 0.714. The van der Waals surface area contributed by atoms with Crippen molar-refractivity contribution in [2.75, 3.05) is 6.61 Å². The van der Waals surface area contributed by atoms with E-state index in [1.54, 1.807) is 0 Å². The van der Waals surface area contributed by atoms with Crippen LogP contribution in [0.3, 0.4) is 0 Å². The van der Waals surface area contributed by atoms with E-state index in [9.17, 15) is 4.79 Å². The van der Waals surface area contributed by atoms with Crippen molar-refractivity contribution in [1.29, 1.82) is 0 Å². The molecule has 0 saturated heterocycles. The molecule has 0 aliphatic carbocycles. The van der Waals surface area contributed by atoms with Crippen LogP contribution < -0.4 is 5.56 Å². The van der Waals surface area contributed by atoms with E-state index >= 15 is 0 Å². The normalized spacial score (nSPS) is 11.8. The fourth-order valence-corrected chi connectivity index (χ4v) is 2.78. The van der Waals surface area contributed by atoms with E-state index in [0.29, 0.717) is 16.0 Å². The Hall–Kier alpha value is -0.430. The van der Waals surface area contributed by atoms with Crippen molar-refractivity contribution in [1.82, 2.24) is 9.97 Å². The van der Waals surface area contributed by atoms with Crippen molar-refractivity contribution >= 4 is 22.6 Å².